The summed E-state index contributed by atoms with van der Waals surface area (Å²) in [5.41, 5.74) is 0.640. The summed E-state index contributed by atoms with van der Waals surface area (Å²) in [6.07, 6.45) is 12.7. The van der Waals surface area contributed by atoms with Crippen molar-refractivity contribution in [2.45, 2.75) is 85.5 Å². The van der Waals surface area contributed by atoms with Gasteiger partial charge >= 0.3 is 0 Å². The molecule has 0 aromatic rings. The lowest BCUT2D eigenvalue weighted by atomic mass is 9.78. The van der Waals surface area contributed by atoms with E-state index >= 15 is 0 Å². The Morgan fingerprint density at radius 1 is 0.714 bits per heavy atom. The second kappa shape index (κ2) is 8.32. The molecule has 0 heterocycles. The highest BCUT2D eigenvalue weighted by Gasteiger charge is 2.19. The lowest BCUT2D eigenvalue weighted by Crippen LogP contribution is -2.14. The van der Waals surface area contributed by atoms with E-state index in [1.165, 1.54) is 57.8 Å². The maximum atomic E-state index is 2.47. The fourth-order valence-corrected chi connectivity index (χ4v) is 2.24. The molecule has 14 heavy (non-hydrogen) atoms. The predicted molar refractivity (Wildman–Crippen MR) is 66.7 cm³/mol. The lowest BCUT2D eigenvalue weighted by molar-refractivity contribution is 0.248. The van der Waals surface area contributed by atoms with Gasteiger partial charge in [0.05, 0.1) is 0 Å². The molecule has 0 fully saturated rings. The van der Waals surface area contributed by atoms with Crippen LogP contribution in [0.5, 0.6) is 0 Å². The van der Waals surface area contributed by atoms with Crippen LogP contribution in [0.25, 0.3) is 0 Å². The van der Waals surface area contributed by atoms with Crippen LogP contribution < -0.4 is 0 Å². The molecule has 0 amide bonds. The molecule has 0 saturated carbocycles. The summed E-state index contributed by atoms with van der Waals surface area (Å²) in [5, 5.41) is 0. The minimum atomic E-state index is 0.640. The zero-order valence-electron chi connectivity index (χ0n) is 10.9. The molecule has 0 aliphatic heterocycles. The van der Waals surface area contributed by atoms with E-state index in [1.54, 1.807) is 0 Å². The highest BCUT2D eigenvalue weighted by atomic mass is 14.2. The zero-order chi connectivity index (χ0) is 10.9. The van der Waals surface area contributed by atoms with E-state index < -0.39 is 0 Å². The Morgan fingerprint density at radius 3 is 1.86 bits per heavy atom. The Labute approximate surface area is 91.5 Å². The first-order chi connectivity index (χ1) is 6.68. The predicted octanol–water partition coefficient (Wildman–Crippen LogP) is 5.56. The number of hydrogen-bond acceptors (Lipinski definition) is 0. The van der Waals surface area contributed by atoms with Crippen molar-refractivity contribution < 1.29 is 0 Å². The molecule has 0 saturated heterocycles. The highest BCUT2D eigenvalue weighted by Crippen LogP contribution is 2.33. The second-order valence-corrected chi connectivity index (χ2v) is 5.08. The van der Waals surface area contributed by atoms with E-state index in [9.17, 15) is 0 Å². The van der Waals surface area contributed by atoms with Crippen LogP contribution in [0.4, 0.5) is 0 Å². The van der Waals surface area contributed by atoms with Crippen LogP contribution in [-0.4, -0.2) is 0 Å². The van der Waals surface area contributed by atoms with Crippen LogP contribution in [0.2, 0.25) is 0 Å². The summed E-state index contributed by atoms with van der Waals surface area (Å²) in [6, 6.07) is 0. The quantitative estimate of drug-likeness (QED) is 0.425. The van der Waals surface area contributed by atoms with Crippen molar-refractivity contribution in [2.75, 3.05) is 0 Å². The fourth-order valence-electron chi connectivity index (χ4n) is 2.24. The molecule has 0 aromatic carbocycles. The molecule has 0 bridgehead atoms. The van der Waals surface area contributed by atoms with Gasteiger partial charge in [-0.1, -0.05) is 72.6 Å². The van der Waals surface area contributed by atoms with Gasteiger partial charge in [0.25, 0.3) is 0 Å². The zero-order valence-corrected chi connectivity index (χ0v) is 10.9. The van der Waals surface area contributed by atoms with Gasteiger partial charge in [-0.25, -0.2) is 0 Å². The Bertz CT molecular complexity index is 117. The van der Waals surface area contributed by atoms with E-state index in [1.807, 2.05) is 0 Å². The van der Waals surface area contributed by atoms with Gasteiger partial charge in [0, 0.05) is 0 Å². The number of hydrogen-bond donors (Lipinski definition) is 0. The van der Waals surface area contributed by atoms with Crippen LogP contribution in [0.15, 0.2) is 0 Å². The summed E-state index contributed by atoms with van der Waals surface area (Å²) in [4.78, 5) is 0. The first-order valence-electron chi connectivity index (χ1n) is 6.68. The van der Waals surface area contributed by atoms with Gasteiger partial charge in [0.15, 0.2) is 0 Å². The summed E-state index contributed by atoms with van der Waals surface area (Å²) >= 11 is 0. The number of unbranched alkanes of at least 4 members (excludes halogenated alkanes) is 4. The maximum absolute atomic E-state index is 2.47. The molecular weight excluding hydrogens is 168 g/mol. The molecule has 0 aliphatic carbocycles. The third-order valence-electron chi connectivity index (χ3n) is 3.59. The first kappa shape index (κ1) is 14.0. The molecule has 0 aliphatic rings. The molecule has 0 nitrogen and oxygen atoms in total. The van der Waals surface area contributed by atoms with Gasteiger partial charge in [-0.05, 0) is 18.3 Å². The average molecular weight is 198 g/mol. The molecule has 0 radical (unpaired) electrons. The standard InChI is InChI=1S/C14H30/c1-5-8-9-10-11-13-14(4,7-3)12-6-2/h5-13H2,1-4H3. The molecule has 0 heteroatoms. The van der Waals surface area contributed by atoms with Crippen LogP contribution in [0.1, 0.15) is 85.5 Å². The van der Waals surface area contributed by atoms with E-state index in [-0.39, 0.29) is 0 Å². The minimum absolute atomic E-state index is 0.640. The Kier molecular flexibility index (Phi) is 8.32. The first-order valence-corrected chi connectivity index (χ1v) is 6.68. The van der Waals surface area contributed by atoms with Crippen molar-refractivity contribution in [1.82, 2.24) is 0 Å². The summed E-state index contributed by atoms with van der Waals surface area (Å²) < 4.78 is 0. The van der Waals surface area contributed by atoms with Gasteiger partial charge < -0.3 is 0 Å². The van der Waals surface area contributed by atoms with Crippen LogP contribution in [0, 0.1) is 5.41 Å². The van der Waals surface area contributed by atoms with Crippen molar-refractivity contribution in [1.29, 1.82) is 0 Å². The number of rotatable bonds is 9. The van der Waals surface area contributed by atoms with E-state index in [0.29, 0.717) is 5.41 Å². The average Bonchev–Trinajstić information content (AvgIpc) is 2.18. The third kappa shape index (κ3) is 6.45. The van der Waals surface area contributed by atoms with Crippen molar-refractivity contribution >= 4 is 0 Å². The maximum Gasteiger partial charge on any atom is -0.0329 e. The lowest BCUT2D eigenvalue weighted by Gasteiger charge is -2.27. The molecular formula is C14H30. The summed E-state index contributed by atoms with van der Waals surface area (Å²) in [6.45, 7) is 9.41. The van der Waals surface area contributed by atoms with Gasteiger partial charge in [-0.3, -0.25) is 0 Å². The van der Waals surface area contributed by atoms with Crippen LogP contribution >= 0.6 is 0 Å². The third-order valence-corrected chi connectivity index (χ3v) is 3.59. The van der Waals surface area contributed by atoms with E-state index in [0.717, 1.165) is 0 Å². The molecule has 1 unspecified atom stereocenters. The van der Waals surface area contributed by atoms with Gasteiger partial charge in [0.1, 0.15) is 0 Å². The Hall–Kier alpha value is 0. The minimum Gasteiger partial charge on any atom is -0.0654 e. The van der Waals surface area contributed by atoms with E-state index in [4.69, 9.17) is 0 Å². The molecule has 1 atom stereocenters. The smallest absolute Gasteiger partial charge is 0.0329 e. The molecule has 0 rings (SSSR count). The van der Waals surface area contributed by atoms with Crippen molar-refractivity contribution in [2.24, 2.45) is 5.41 Å². The highest BCUT2D eigenvalue weighted by molar-refractivity contribution is 4.71. The molecule has 0 aromatic heterocycles. The monoisotopic (exact) mass is 198 g/mol. The summed E-state index contributed by atoms with van der Waals surface area (Å²) in [5.74, 6) is 0. The SMILES string of the molecule is CCCCCCCC(C)(CC)CCC. The topological polar surface area (TPSA) is 0 Å². The van der Waals surface area contributed by atoms with E-state index in [2.05, 4.69) is 27.7 Å². The fraction of sp³-hybridized carbons (Fsp3) is 1.00. The molecule has 0 spiro atoms. The second-order valence-electron chi connectivity index (χ2n) is 5.08. The van der Waals surface area contributed by atoms with Gasteiger partial charge in [-0.2, -0.15) is 0 Å². The van der Waals surface area contributed by atoms with Crippen molar-refractivity contribution in [3.63, 3.8) is 0 Å². The normalized spacial score (nSPS) is 15.4. The van der Waals surface area contributed by atoms with Crippen molar-refractivity contribution in [3.8, 4) is 0 Å². The molecule has 0 N–H and O–H groups in total. The Morgan fingerprint density at radius 2 is 1.36 bits per heavy atom. The van der Waals surface area contributed by atoms with Crippen LogP contribution in [0.3, 0.4) is 0 Å². The van der Waals surface area contributed by atoms with Gasteiger partial charge in [0.2, 0.25) is 0 Å². The Balaban J connectivity index is 3.51. The largest absolute Gasteiger partial charge is 0.0654 e. The van der Waals surface area contributed by atoms with Gasteiger partial charge in [-0.15, -0.1) is 0 Å². The van der Waals surface area contributed by atoms with Crippen molar-refractivity contribution in [3.05, 3.63) is 0 Å². The summed E-state index contributed by atoms with van der Waals surface area (Å²) in [7, 11) is 0. The van der Waals surface area contributed by atoms with Crippen LogP contribution in [-0.2, 0) is 0 Å². The molecule has 86 valence electrons.